The Morgan fingerprint density at radius 3 is 2.88 bits per heavy atom. The van der Waals surface area contributed by atoms with Crippen molar-refractivity contribution in [3.63, 3.8) is 0 Å². The Morgan fingerprint density at radius 2 is 2.25 bits per heavy atom. The lowest BCUT2D eigenvalue weighted by Crippen LogP contribution is -1.99. The third-order valence-electron chi connectivity index (χ3n) is 1.83. The Morgan fingerprint density at radius 1 is 1.44 bits per heavy atom. The van der Waals surface area contributed by atoms with E-state index in [4.69, 9.17) is 11.6 Å². The van der Waals surface area contributed by atoms with Crippen LogP contribution in [-0.2, 0) is 6.54 Å². The molecule has 0 unspecified atom stereocenters. The summed E-state index contributed by atoms with van der Waals surface area (Å²) in [6, 6.07) is 4.60. The van der Waals surface area contributed by atoms with Crippen LogP contribution in [0, 0.1) is 5.82 Å². The fourth-order valence-corrected chi connectivity index (χ4v) is 2.31. The molecule has 3 nitrogen and oxygen atoms in total. The summed E-state index contributed by atoms with van der Waals surface area (Å²) in [6.45, 7) is 0.529. The number of rotatable bonds is 3. The van der Waals surface area contributed by atoms with Crippen LogP contribution in [0.2, 0.25) is 5.02 Å². The molecule has 16 heavy (non-hydrogen) atoms. The van der Waals surface area contributed by atoms with Gasteiger partial charge in [0.15, 0.2) is 3.92 Å². The fourth-order valence-electron chi connectivity index (χ4n) is 1.10. The van der Waals surface area contributed by atoms with Crippen LogP contribution in [0.15, 0.2) is 22.1 Å². The molecule has 0 spiro atoms. The van der Waals surface area contributed by atoms with Gasteiger partial charge in [-0.3, -0.25) is 0 Å². The summed E-state index contributed by atoms with van der Waals surface area (Å²) in [5, 5.41) is 11.6. The number of halogens is 3. The van der Waals surface area contributed by atoms with Gasteiger partial charge in [-0.25, -0.2) is 4.39 Å². The number of anilines is 1. The highest BCUT2D eigenvalue weighted by atomic mass is 79.9. The minimum absolute atomic E-state index is 0.123. The maximum Gasteiger partial charge on any atom is 0.206 e. The first-order valence-corrected chi connectivity index (χ1v) is 6.31. The number of hydrogen-bond acceptors (Lipinski definition) is 4. The molecule has 0 fully saturated rings. The van der Waals surface area contributed by atoms with Crippen LogP contribution in [0.4, 0.5) is 9.52 Å². The van der Waals surface area contributed by atoms with Crippen molar-refractivity contribution in [2.75, 3.05) is 5.32 Å². The van der Waals surface area contributed by atoms with E-state index in [-0.39, 0.29) is 5.02 Å². The van der Waals surface area contributed by atoms with Crippen LogP contribution in [0.5, 0.6) is 0 Å². The minimum Gasteiger partial charge on any atom is -0.356 e. The van der Waals surface area contributed by atoms with E-state index in [1.54, 1.807) is 12.1 Å². The van der Waals surface area contributed by atoms with E-state index in [1.165, 1.54) is 17.4 Å². The molecular weight excluding hydrogens is 317 g/mol. The maximum absolute atomic E-state index is 12.9. The molecular formula is C9H6BrClFN3S. The lowest BCUT2D eigenvalue weighted by atomic mass is 10.2. The minimum atomic E-state index is -0.413. The summed E-state index contributed by atoms with van der Waals surface area (Å²) >= 11 is 10.3. The lowest BCUT2D eigenvalue weighted by molar-refractivity contribution is 0.627. The molecule has 0 amide bonds. The van der Waals surface area contributed by atoms with Gasteiger partial charge < -0.3 is 5.32 Å². The van der Waals surface area contributed by atoms with E-state index in [2.05, 4.69) is 31.4 Å². The predicted octanol–water partition coefficient (Wildman–Crippen LogP) is 3.71. The molecule has 0 aliphatic carbocycles. The van der Waals surface area contributed by atoms with Crippen molar-refractivity contribution in [3.8, 4) is 0 Å². The summed E-state index contributed by atoms with van der Waals surface area (Å²) < 4.78 is 13.6. The molecule has 1 N–H and O–H groups in total. The van der Waals surface area contributed by atoms with Gasteiger partial charge in [0.25, 0.3) is 0 Å². The van der Waals surface area contributed by atoms with Gasteiger partial charge >= 0.3 is 0 Å². The zero-order valence-electron chi connectivity index (χ0n) is 7.88. The van der Waals surface area contributed by atoms with Crippen LogP contribution in [0.25, 0.3) is 0 Å². The second-order valence-corrected chi connectivity index (χ2v) is 5.62. The Balaban J connectivity index is 2.02. The second kappa shape index (κ2) is 5.07. The number of aromatic nitrogens is 2. The Hall–Kier alpha value is -0.720. The first-order valence-electron chi connectivity index (χ1n) is 4.32. The molecule has 1 aromatic heterocycles. The van der Waals surface area contributed by atoms with Gasteiger partial charge in [0.1, 0.15) is 5.82 Å². The highest BCUT2D eigenvalue weighted by Crippen LogP contribution is 2.21. The van der Waals surface area contributed by atoms with E-state index in [0.29, 0.717) is 15.6 Å². The smallest absolute Gasteiger partial charge is 0.206 e. The molecule has 1 aromatic carbocycles. The van der Waals surface area contributed by atoms with Gasteiger partial charge in [-0.15, -0.1) is 10.2 Å². The quantitative estimate of drug-likeness (QED) is 0.936. The molecule has 0 saturated heterocycles. The van der Waals surface area contributed by atoms with E-state index < -0.39 is 5.82 Å². The number of nitrogens with zero attached hydrogens (tertiary/aromatic N) is 2. The molecule has 0 aliphatic heterocycles. The zero-order valence-corrected chi connectivity index (χ0v) is 11.0. The summed E-state index contributed by atoms with van der Waals surface area (Å²) in [6.07, 6.45) is 0. The Labute approximate surface area is 109 Å². The number of nitrogens with one attached hydrogen (secondary N) is 1. The van der Waals surface area contributed by atoms with Crippen molar-refractivity contribution < 1.29 is 4.39 Å². The molecule has 84 valence electrons. The normalized spacial score (nSPS) is 10.4. The van der Waals surface area contributed by atoms with Crippen LogP contribution < -0.4 is 5.32 Å². The standard InChI is InChI=1S/C9H6BrClFN3S/c10-8-14-15-9(16-8)13-4-5-1-2-7(12)6(11)3-5/h1-3H,4H2,(H,13,15). The topological polar surface area (TPSA) is 37.8 Å². The van der Waals surface area contributed by atoms with Crippen molar-refractivity contribution >= 4 is 44.0 Å². The Bertz CT molecular complexity index is 505. The van der Waals surface area contributed by atoms with Gasteiger partial charge in [-0.05, 0) is 33.6 Å². The van der Waals surface area contributed by atoms with Crippen molar-refractivity contribution in [1.29, 1.82) is 0 Å². The van der Waals surface area contributed by atoms with E-state index >= 15 is 0 Å². The molecule has 1 heterocycles. The molecule has 0 saturated carbocycles. The highest BCUT2D eigenvalue weighted by molar-refractivity contribution is 9.11. The summed E-state index contributed by atoms with van der Waals surface area (Å²) in [4.78, 5) is 0. The molecule has 0 aliphatic rings. The Kier molecular flexibility index (Phi) is 3.73. The molecule has 7 heteroatoms. The second-order valence-electron chi connectivity index (χ2n) is 2.96. The highest BCUT2D eigenvalue weighted by Gasteiger charge is 2.03. The van der Waals surface area contributed by atoms with Gasteiger partial charge in [0, 0.05) is 6.54 Å². The molecule has 2 aromatic rings. The van der Waals surface area contributed by atoms with E-state index in [1.807, 2.05) is 0 Å². The summed E-state index contributed by atoms with van der Waals surface area (Å²) in [5.74, 6) is -0.413. The maximum atomic E-state index is 12.9. The summed E-state index contributed by atoms with van der Waals surface area (Å²) in [5.41, 5.74) is 0.887. The van der Waals surface area contributed by atoms with Crippen molar-refractivity contribution in [3.05, 3.63) is 38.5 Å². The van der Waals surface area contributed by atoms with Crippen molar-refractivity contribution in [1.82, 2.24) is 10.2 Å². The van der Waals surface area contributed by atoms with Crippen LogP contribution in [0.1, 0.15) is 5.56 Å². The molecule has 0 radical (unpaired) electrons. The van der Waals surface area contributed by atoms with Crippen LogP contribution >= 0.6 is 38.9 Å². The van der Waals surface area contributed by atoms with Crippen LogP contribution in [0.3, 0.4) is 0 Å². The van der Waals surface area contributed by atoms with Gasteiger partial charge in [-0.1, -0.05) is 29.0 Å². The van der Waals surface area contributed by atoms with Gasteiger partial charge in [0.05, 0.1) is 5.02 Å². The zero-order chi connectivity index (χ0) is 11.5. The monoisotopic (exact) mass is 321 g/mol. The number of benzene rings is 1. The predicted molar refractivity (Wildman–Crippen MR) is 66.3 cm³/mol. The largest absolute Gasteiger partial charge is 0.356 e. The lowest BCUT2D eigenvalue weighted by Gasteiger charge is -2.03. The average Bonchev–Trinajstić information content (AvgIpc) is 2.66. The average molecular weight is 323 g/mol. The van der Waals surface area contributed by atoms with E-state index in [9.17, 15) is 4.39 Å². The van der Waals surface area contributed by atoms with Crippen molar-refractivity contribution in [2.24, 2.45) is 0 Å². The summed E-state index contributed by atoms with van der Waals surface area (Å²) in [7, 11) is 0. The van der Waals surface area contributed by atoms with E-state index in [0.717, 1.165) is 5.56 Å². The van der Waals surface area contributed by atoms with Crippen LogP contribution in [-0.4, -0.2) is 10.2 Å². The first kappa shape index (κ1) is 11.8. The SMILES string of the molecule is Fc1ccc(CNc2nnc(Br)s2)cc1Cl. The first-order chi connectivity index (χ1) is 7.65. The fraction of sp³-hybridized carbons (Fsp3) is 0.111. The molecule has 0 atom stereocenters. The van der Waals surface area contributed by atoms with Crippen molar-refractivity contribution in [2.45, 2.75) is 6.54 Å². The molecule has 0 bridgehead atoms. The molecule has 2 rings (SSSR count). The third kappa shape index (κ3) is 2.90. The van der Waals surface area contributed by atoms with Gasteiger partial charge in [0.2, 0.25) is 5.13 Å². The van der Waals surface area contributed by atoms with Gasteiger partial charge in [-0.2, -0.15) is 0 Å². The number of hydrogen-bond donors (Lipinski definition) is 1. The third-order valence-corrected chi connectivity index (χ3v) is 3.43.